The Bertz CT molecular complexity index is 520. The summed E-state index contributed by atoms with van der Waals surface area (Å²) in [6, 6.07) is 1.76. The van der Waals surface area contributed by atoms with Crippen molar-refractivity contribution in [3.8, 4) is 0 Å². The zero-order valence-electron chi connectivity index (χ0n) is 13.8. The maximum absolute atomic E-state index is 12.6. The first-order chi connectivity index (χ1) is 10.6. The Kier molecular flexibility index (Phi) is 4.43. The molecule has 0 aromatic carbocycles. The van der Waals surface area contributed by atoms with Crippen LogP contribution < -0.4 is 0 Å². The van der Waals surface area contributed by atoms with Gasteiger partial charge in [-0.3, -0.25) is 14.7 Å². The fourth-order valence-corrected chi connectivity index (χ4v) is 3.98. The molecular formula is C17H26N4O. The Balaban J connectivity index is 1.70. The Hall–Kier alpha value is -1.49. The van der Waals surface area contributed by atoms with Crippen molar-refractivity contribution in [1.82, 2.24) is 19.8 Å². The van der Waals surface area contributed by atoms with Crippen LogP contribution in [0, 0.1) is 6.92 Å². The smallest absolute Gasteiger partial charge is 0.274 e. The fraction of sp³-hybridized carbons (Fsp3) is 0.706. The highest BCUT2D eigenvalue weighted by atomic mass is 16.2. The molecule has 2 fully saturated rings. The summed E-state index contributed by atoms with van der Waals surface area (Å²) in [6.07, 6.45) is 8.08. The molecular weight excluding hydrogens is 276 g/mol. The largest absolute Gasteiger partial charge is 0.336 e. The molecule has 0 aliphatic carbocycles. The fourth-order valence-electron chi connectivity index (χ4n) is 3.98. The zero-order chi connectivity index (χ0) is 15.7. The first kappa shape index (κ1) is 15.4. The van der Waals surface area contributed by atoms with Crippen molar-refractivity contribution in [3.05, 3.63) is 23.8 Å². The predicted octanol–water partition coefficient (Wildman–Crippen LogP) is 2.26. The maximum Gasteiger partial charge on any atom is 0.274 e. The highest BCUT2D eigenvalue weighted by Gasteiger charge is 2.36. The minimum Gasteiger partial charge on any atom is -0.336 e. The number of likely N-dealkylation sites (tertiary alicyclic amines) is 2. The first-order valence-corrected chi connectivity index (χ1v) is 8.41. The monoisotopic (exact) mass is 302 g/mol. The number of aromatic nitrogens is 2. The second-order valence-corrected chi connectivity index (χ2v) is 6.81. The summed E-state index contributed by atoms with van der Waals surface area (Å²) in [6.45, 7) is 8.17. The van der Waals surface area contributed by atoms with Gasteiger partial charge in [-0.15, -0.1) is 0 Å². The number of hydrogen-bond donors (Lipinski definition) is 0. The molecule has 1 aromatic rings. The van der Waals surface area contributed by atoms with Crippen molar-refractivity contribution < 1.29 is 4.79 Å². The number of amides is 1. The Labute approximate surface area is 132 Å². The van der Waals surface area contributed by atoms with Gasteiger partial charge in [0.25, 0.3) is 5.91 Å². The minimum atomic E-state index is 0.0247. The van der Waals surface area contributed by atoms with Gasteiger partial charge >= 0.3 is 0 Å². The molecule has 120 valence electrons. The van der Waals surface area contributed by atoms with Crippen molar-refractivity contribution in [2.75, 3.05) is 13.1 Å². The lowest BCUT2D eigenvalue weighted by Gasteiger charge is -2.41. The van der Waals surface area contributed by atoms with E-state index < -0.39 is 0 Å². The van der Waals surface area contributed by atoms with Crippen molar-refractivity contribution in [3.63, 3.8) is 0 Å². The van der Waals surface area contributed by atoms with Crippen LogP contribution in [0.3, 0.4) is 0 Å². The molecule has 3 heterocycles. The minimum absolute atomic E-state index is 0.0247. The maximum atomic E-state index is 12.6. The summed E-state index contributed by atoms with van der Waals surface area (Å²) >= 11 is 0. The van der Waals surface area contributed by atoms with E-state index in [2.05, 4.69) is 28.7 Å². The van der Waals surface area contributed by atoms with Crippen LogP contribution in [0.15, 0.2) is 12.4 Å². The number of aryl methyl sites for hydroxylation is 1. The topological polar surface area (TPSA) is 49.3 Å². The van der Waals surface area contributed by atoms with Gasteiger partial charge in [-0.25, -0.2) is 4.98 Å². The van der Waals surface area contributed by atoms with Gasteiger partial charge in [-0.05, 0) is 46.5 Å². The molecule has 0 bridgehead atoms. The Morgan fingerprint density at radius 1 is 1.14 bits per heavy atom. The Morgan fingerprint density at radius 3 is 2.50 bits per heavy atom. The first-order valence-electron chi connectivity index (χ1n) is 8.41. The van der Waals surface area contributed by atoms with Crippen molar-refractivity contribution in [2.24, 2.45) is 0 Å². The predicted molar refractivity (Wildman–Crippen MR) is 85.7 cm³/mol. The molecule has 3 atom stereocenters. The van der Waals surface area contributed by atoms with Crippen molar-refractivity contribution in [1.29, 1.82) is 0 Å². The van der Waals surface area contributed by atoms with Crippen LogP contribution in [-0.2, 0) is 0 Å². The number of hydrogen-bond acceptors (Lipinski definition) is 4. The SMILES string of the molecule is Cc1cnc(C(=O)N2CCC[C@H](N3[C@H](C)CC[C@@H]3C)C2)cn1. The summed E-state index contributed by atoms with van der Waals surface area (Å²) in [5, 5.41) is 0. The second kappa shape index (κ2) is 6.32. The molecule has 0 spiro atoms. The van der Waals surface area contributed by atoms with E-state index >= 15 is 0 Å². The number of carbonyl (C=O) groups is 1. The van der Waals surface area contributed by atoms with Crippen LogP contribution in [0.2, 0.25) is 0 Å². The van der Waals surface area contributed by atoms with E-state index in [4.69, 9.17) is 0 Å². The third kappa shape index (κ3) is 3.00. The number of piperidine rings is 1. The van der Waals surface area contributed by atoms with Crippen molar-refractivity contribution in [2.45, 2.75) is 64.6 Å². The van der Waals surface area contributed by atoms with E-state index in [0.717, 1.165) is 25.2 Å². The van der Waals surface area contributed by atoms with Crippen LogP contribution in [0.25, 0.3) is 0 Å². The lowest BCUT2D eigenvalue weighted by molar-refractivity contribution is 0.0482. The van der Waals surface area contributed by atoms with Gasteiger partial charge in [-0.2, -0.15) is 0 Å². The van der Waals surface area contributed by atoms with Crippen LogP contribution in [0.1, 0.15) is 55.7 Å². The van der Waals surface area contributed by atoms with Gasteiger partial charge in [0.05, 0.1) is 11.9 Å². The number of carbonyl (C=O) groups excluding carboxylic acids is 1. The quantitative estimate of drug-likeness (QED) is 0.841. The average Bonchev–Trinajstić information content (AvgIpc) is 2.86. The lowest BCUT2D eigenvalue weighted by Crippen LogP contribution is -2.52. The highest BCUT2D eigenvalue weighted by Crippen LogP contribution is 2.30. The van der Waals surface area contributed by atoms with Crippen LogP contribution in [-0.4, -0.2) is 56.9 Å². The molecule has 0 unspecified atom stereocenters. The van der Waals surface area contributed by atoms with Crippen LogP contribution in [0.4, 0.5) is 0 Å². The highest BCUT2D eigenvalue weighted by molar-refractivity contribution is 5.92. The molecule has 0 N–H and O–H groups in total. The van der Waals surface area contributed by atoms with E-state index in [0.29, 0.717) is 23.8 Å². The number of rotatable bonds is 2. The van der Waals surface area contributed by atoms with Crippen LogP contribution in [0.5, 0.6) is 0 Å². The Morgan fingerprint density at radius 2 is 1.86 bits per heavy atom. The second-order valence-electron chi connectivity index (χ2n) is 6.81. The van der Waals surface area contributed by atoms with E-state index in [1.165, 1.54) is 19.3 Å². The summed E-state index contributed by atoms with van der Waals surface area (Å²) in [7, 11) is 0. The van der Waals surface area contributed by atoms with Crippen LogP contribution >= 0.6 is 0 Å². The van der Waals surface area contributed by atoms with Gasteiger partial charge in [0.2, 0.25) is 0 Å². The molecule has 1 aromatic heterocycles. The molecule has 0 radical (unpaired) electrons. The third-order valence-electron chi connectivity index (χ3n) is 5.13. The molecule has 5 nitrogen and oxygen atoms in total. The zero-order valence-corrected chi connectivity index (χ0v) is 13.8. The van der Waals surface area contributed by atoms with E-state index in [-0.39, 0.29) is 5.91 Å². The van der Waals surface area contributed by atoms with Crippen molar-refractivity contribution >= 4 is 5.91 Å². The van der Waals surface area contributed by atoms with Gasteiger partial charge in [0.1, 0.15) is 5.69 Å². The molecule has 2 saturated heterocycles. The molecule has 2 aliphatic heterocycles. The summed E-state index contributed by atoms with van der Waals surface area (Å²) in [5.74, 6) is 0.0247. The standard InChI is InChI=1S/C17H26N4O/c1-12-9-19-16(10-18-12)17(22)20-8-4-5-15(11-20)21-13(2)6-7-14(21)3/h9-10,13-15H,4-8,11H2,1-3H3/t13-,14+,15-/m0/s1. The average molecular weight is 302 g/mol. The molecule has 0 saturated carbocycles. The summed E-state index contributed by atoms with van der Waals surface area (Å²) in [4.78, 5) is 25.7. The molecule has 3 rings (SSSR count). The van der Waals surface area contributed by atoms with E-state index in [9.17, 15) is 4.79 Å². The molecule has 5 heteroatoms. The van der Waals surface area contributed by atoms with Gasteiger partial charge in [-0.1, -0.05) is 0 Å². The third-order valence-corrected chi connectivity index (χ3v) is 5.13. The summed E-state index contributed by atoms with van der Waals surface area (Å²) < 4.78 is 0. The molecule has 1 amide bonds. The van der Waals surface area contributed by atoms with E-state index in [1.54, 1.807) is 12.4 Å². The lowest BCUT2D eigenvalue weighted by atomic mass is 10.0. The normalized spacial score (nSPS) is 29.8. The number of nitrogens with zero attached hydrogens (tertiary/aromatic N) is 4. The van der Waals surface area contributed by atoms with E-state index in [1.807, 2.05) is 11.8 Å². The van der Waals surface area contributed by atoms with Gasteiger partial charge < -0.3 is 4.90 Å². The molecule has 2 aliphatic rings. The molecule has 22 heavy (non-hydrogen) atoms. The van der Waals surface area contributed by atoms with Gasteiger partial charge in [0.15, 0.2) is 0 Å². The van der Waals surface area contributed by atoms with Gasteiger partial charge in [0, 0.05) is 37.4 Å². The summed E-state index contributed by atoms with van der Waals surface area (Å²) in [5.41, 5.74) is 1.31.